The first-order valence-electron chi connectivity index (χ1n) is 10.2. The van der Waals surface area contributed by atoms with Crippen molar-refractivity contribution in [2.45, 2.75) is 38.0 Å². The first-order chi connectivity index (χ1) is 15.3. The number of fused-ring (bicyclic) bond motifs is 2. The lowest BCUT2D eigenvalue weighted by Crippen LogP contribution is -2.48. The smallest absolute Gasteiger partial charge is 0.349 e. The van der Waals surface area contributed by atoms with Crippen molar-refractivity contribution in [3.8, 4) is 5.69 Å². The minimum atomic E-state index is -4.48. The zero-order chi connectivity index (χ0) is 22.5. The number of benzene rings is 1. The lowest BCUT2D eigenvalue weighted by atomic mass is 10.0. The summed E-state index contributed by atoms with van der Waals surface area (Å²) in [5.74, 6) is 0.317. The Hall–Kier alpha value is -3.50. The molecule has 11 heteroatoms. The second-order valence-corrected chi connectivity index (χ2v) is 8.25. The SMILES string of the molecule is Cc1ccc(C(=O)N2C[C@H]3C[C@@H](Nc4ncc(C(F)(F)F)cn4)[C@@H]2C3)c(-n2nccn2)c1. The van der Waals surface area contributed by atoms with E-state index in [1.807, 2.05) is 24.0 Å². The molecule has 0 spiro atoms. The molecule has 3 aromatic rings. The maximum Gasteiger partial charge on any atom is 0.419 e. The lowest BCUT2D eigenvalue weighted by molar-refractivity contribution is -0.138. The summed E-state index contributed by atoms with van der Waals surface area (Å²) >= 11 is 0. The molecule has 2 bridgehead atoms. The number of hydrogen-bond acceptors (Lipinski definition) is 6. The van der Waals surface area contributed by atoms with Crippen molar-refractivity contribution >= 4 is 11.9 Å². The fraction of sp³-hybridized carbons (Fsp3) is 0.381. The predicted octanol–water partition coefficient (Wildman–Crippen LogP) is 3.10. The molecular weight excluding hydrogens is 423 g/mol. The molecule has 8 nitrogen and oxygen atoms in total. The molecule has 3 atom stereocenters. The van der Waals surface area contributed by atoms with Gasteiger partial charge in [0.05, 0.1) is 35.2 Å². The van der Waals surface area contributed by atoms with Gasteiger partial charge in [-0.05, 0) is 43.4 Å². The Morgan fingerprint density at radius 3 is 2.50 bits per heavy atom. The number of alkyl halides is 3. The highest BCUT2D eigenvalue weighted by Gasteiger charge is 2.47. The highest BCUT2D eigenvalue weighted by molar-refractivity contribution is 5.98. The number of anilines is 1. The third-order valence-corrected chi connectivity index (χ3v) is 6.05. The van der Waals surface area contributed by atoms with Crippen LogP contribution in [0.1, 0.15) is 34.3 Å². The number of nitrogens with one attached hydrogen (secondary N) is 1. The number of rotatable bonds is 4. The van der Waals surface area contributed by atoms with Gasteiger partial charge >= 0.3 is 6.18 Å². The fourth-order valence-corrected chi connectivity index (χ4v) is 4.61. The van der Waals surface area contributed by atoms with Crippen molar-refractivity contribution in [2.24, 2.45) is 5.92 Å². The van der Waals surface area contributed by atoms with E-state index in [0.717, 1.165) is 30.8 Å². The maximum absolute atomic E-state index is 13.5. The Balaban J connectivity index is 1.36. The molecule has 1 saturated heterocycles. The molecule has 1 aromatic carbocycles. The molecule has 1 saturated carbocycles. The fourth-order valence-electron chi connectivity index (χ4n) is 4.61. The van der Waals surface area contributed by atoms with Crippen LogP contribution in [0.5, 0.6) is 0 Å². The van der Waals surface area contributed by atoms with Crippen LogP contribution in [0, 0.1) is 12.8 Å². The van der Waals surface area contributed by atoms with Crippen LogP contribution in [0.25, 0.3) is 5.69 Å². The van der Waals surface area contributed by atoms with Crippen LogP contribution >= 0.6 is 0 Å². The second kappa shape index (κ2) is 7.57. The van der Waals surface area contributed by atoms with E-state index in [4.69, 9.17) is 0 Å². The highest BCUT2D eigenvalue weighted by Crippen LogP contribution is 2.40. The van der Waals surface area contributed by atoms with Gasteiger partial charge in [0.15, 0.2) is 0 Å². The largest absolute Gasteiger partial charge is 0.419 e. The van der Waals surface area contributed by atoms with Crippen molar-refractivity contribution in [2.75, 3.05) is 11.9 Å². The summed E-state index contributed by atoms with van der Waals surface area (Å²) in [4.78, 5) is 24.4. The number of aryl methyl sites for hydroxylation is 1. The van der Waals surface area contributed by atoms with Crippen LogP contribution in [0.15, 0.2) is 43.0 Å². The van der Waals surface area contributed by atoms with Crippen molar-refractivity contribution < 1.29 is 18.0 Å². The number of aromatic nitrogens is 5. The monoisotopic (exact) mass is 443 g/mol. The van der Waals surface area contributed by atoms with E-state index < -0.39 is 11.7 Å². The summed E-state index contributed by atoms with van der Waals surface area (Å²) in [6.07, 6.45) is 1.79. The number of nitrogens with zero attached hydrogens (tertiary/aromatic N) is 6. The third-order valence-electron chi connectivity index (χ3n) is 6.05. The molecular formula is C21H20F3N7O. The molecule has 2 fully saturated rings. The Morgan fingerprint density at radius 1 is 1.12 bits per heavy atom. The van der Waals surface area contributed by atoms with Gasteiger partial charge in [-0.25, -0.2) is 9.97 Å². The van der Waals surface area contributed by atoms with Gasteiger partial charge in [-0.2, -0.15) is 28.2 Å². The minimum Gasteiger partial charge on any atom is -0.349 e. The predicted molar refractivity (Wildman–Crippen MR) is 108 cm³/mol. The Labute approximate surface area is 181 Å². The highest BCUT2D eigenvalue weighted by atomic mass is 19.4. The first-order valence-corrected chi connectivity index (χ1v) is 10.2. The molecule has 32 heavy (non-hydrogen) atoms. The van der Waals surface area contributed by atoms with Crippen molar-refractivity contribution in [1.82, 2.24) is 29.9 Å². The standard InChI is InChI=1S/C21H20F3N7O/c1-12-2-3-15(17(6-12)31-27-4-5-28-31)19(32)30-11-13-7-16(18(30)8-13)29-20-25-9-14(10-26-20)21(22,23)24/h2-6,9-10,13,16,18H,7-8,11H2,1H3,(H,25,26,29)/t13-,16+,18-/m0/s1. The number of likely N-dealkylation sites (tertiary alicyclic amines) is 1. The molecule has 2 aromatic heterocycles. The van der Waals surface area contributed by atoms with E-state index in [1.54, 1.807) is 18.5 Å². The summed E-state index contributed by atoms with van der Waals surface area (Å²) in [6, 6.07) is 5.29. The zero-order valence-electron chi connectivity index (χ0n) is 17.1. The molecule has 2 aliphatic rings. The number of hydrogen-bond donors (Lipinski definition) is 1. The third kappa shape index (κ3) is 3.67. The van der Waals surface area contributed by atoms with Crippen LogP contribution in [0.4, 0.5) is 19.1 Å². The van der Waals surface area contributed by atoms with Crippen molar-refractivity contribution in [3.63, 3.8) is 0 Å². The van der Waals surface area contributed by atoms with Crippen LogP contribution < -0.4 is 5.32 Å². The number of piperidine rings is 1. The summed E-state index contributed by atoms with van der Waals surface area (Å²) in [5, 5.41) is 11.5. The average molecular weight is 443 g/mol. The molecule has 1 aliphatic heterocycles. The number of halogens is 3. The molecule has 1 N–H and O–H groups in total. The van der Waals surface area contributed by atoms with E-state index >= 15 is 0 Å². The van der Waals surface area contributed by atoms with E-state index in [-0.39, 0.29) is 23.9 Å². The number of carbonyl (C=O) groups excluding carboxylic acids is 1. The van der Waals surface area contributed by atoms with Gasteiger partial charge in [0, 0.05) is 25.0 Å². The summed E-state index contributed by atoms with van der Waals surface area (Å²) in [6.45, 7) is 2.57. The topological polar surface area (TPSA) is 88.8 Å². The zero-order valence-corrected chi connectivity index (χ0v) is 17.1. The van der Waals surface area contributed by atoms with Crippen molar-refractivity contribution in [1.29, 1.82) is 0 Å². The summed E-state index contributed by atoms with van der Waals surface area (Å²) < 4.78 is 38.3. The van der Waals surface area contributed by atoms with Crippen molar-refractivity contribution in [3.05, 3.63) is 59.7 Å². The van der Waals surface area contributed by atoms with Crippen LogP contribution in [0.2, 0.25) is 0 Å². The van der Waals surface area contributed by atoms with E-state index in [2.05, 4.69) is 25.5 Å². The van der Waals surface area contributed by atoms with Crippen LogP contribution in [-0.4, -0.2) is 54.4 Å². The molecule has 0 unspecified atom stereocenters. The van der Waals surface area contributed by atoms with Gasteiger partial charge in [-0.3, -0.25) is 4.79 Å². The van der Waals surface area contributed by atoms with Gasteiger partial charge in [0.1, 0.15) is 0 Å². The minimum absolute atomic E-state index is 0.0990. The van der Waals surface area contributed by atoms with Crippen LogP contribution in [0.3, 0.4) is 0 Å². The quantitative estimate of drug-likeness (QED) is 0.667. The molecule has 166 valence electrons. The van der Waals surface area contributed by atoms with E-state index in [0.29, 0.717) is 23.7 Å². The second-order valence-electron chi connectivity index (χ2n) is 8.25. The molecule has 1 amide bonds. The number of amides is 1. The first kappa shape index (κ1) is 20.4. The lowest BCUT2D eigenvalue weighted by Gasteiger charge is -2.34. The molecule has 1 aliphatic carbocycles. The Kier molecular flexibility index (Phi) is 4.83. The summed E-state index contributed by atoms with van der Waals surface area (Å²) in [5.41, 5.74) is 1.20. The van der Waals surface area contributed by atoms with Gasteiger partial charge in [-0.15, -0.1) is 0 Å². The Morgan fingerprint density at radius 2 is 1.84 bits per heavy atom. The number of carbonyl (C=O) groups is 1. The molecule has 3 heterocycles. The average Bonchev–Trinajstić information content (AvgIpc) is 3.50. The van der Waals surface area contributed by atoms with E-state index in [1.165, 1.54) is 4.80 Å². The normalized spacial score (nSPS) is 22.4. The molecule has 0 radical (unpaired) electrons. The van der Waals surface area contributed by atoms with Gasteiger partial charge in [0.2, 0.25) is 5.95 Å². The van der Waals surface area contributed by atoms with Crippen LogP contribution in [-0.2, 0) is 6.18 Å². The van der Waals surface area contributed by atoms with Gasteiger partial charge in [0.25, 0.3) is 5.91 Å². The molecule has 5 rings (SSSR count). The summed E-state index contributed by atoms with van der Waals surface area (Å²) in [7, 11) is 0. The maximum atomic E-state index is 13.5. The van der Waals surface area contributed by atoms with Gasteiger partial charge < -0.3 is 10.2 Å². The van der Waals surface area contributed by atoms with E-state index in [9.17, 15) is 18.0 Å². The van der Waals surface area contributed by atoms with Gasteiger partial charge in [-0.1, -0.05) is 6.07 Å². The Bertz CT molecular complexity index is 1130.